The molecule has 1 aromatic rings. The predicted molar refractivity (Wildman–Crippen MR) is 161 cm³/mol. The zero-order valence-electron chi connectivity index (χ0n) is 25.8. The maximum Gasteiger partial charge on any atom is 0.258 e. The van der Waals surface area contributed by atoms with Crippen molar-refractivity contribution in [1.29, 1.82) is 0 Å². The number of aryl methyl sites for hydroxylation is 1. The molecule has 0 radical (unpaired) electrons. The molecule has 3 N–H and O–H groups in total. The molecule has 1 saturated heterocycles. The highest BCUT2D eigenvalue weighted by Crippen LogP contribution is 2.36. The Balaban J connectivity index is 1.62. The van der Waals surface area contributed by atoms with Crippen molar-refractivity contribution < 1.29 is 23.9 Å². The van der Waals surface area contributed by atoms with E-state index >= 15 is 0 Å². The van der Waals surface area contributed by atoms with E-state index in [2.05, 4.69) is 46.4 Å². The van der Waals surface area contributed by atoms with E-state index < -0.39 is 30.0 Å². The number of carbonyl (C=O) groups is 4. The summed E-state index contributed by atoms with van der Waals surface area (Å²) in [6, 6.07) is 4.20. The van der Waals surface area contributed by atoms with Gasteiger partial charge in [-0.1, -0.05) is 45.1 Å². The average molecular weight is 582 g/mol. The minimum Gasteiger partial charge on any atom is -0.381 e. The molecule has 42 heavy (non-hydrogen) atoms. The first-order valence-corrected chi connectivity index (χ1v) is 15.3. The van der Waals surface area contributed by atoms with Gasteiger partial charge in [0.2, 0.25) is 17.7 Å². The molecular weight excluding hydrogens is 534 g/mol. The SMILES string of the molecule is COC1CC/C=C/c2ccc3c(c2)[C@@H](CC3)N(C)C(=O)C2CCCN(N2)C(=O)C(C)NC(=O)C(C(C)C)NC(=O)C1C. The molecule has 4 rings (SSSR count). The molecule has 230 valence electrons. The summed E-state index contributed by atoms with van der Waals surface area (Å²) >= 11 is 0. The fourth-order valence-corrected chi connectivity index (χ4v) is 6.27. The molecule has 6 atom stereocenters. The Bertz CT molecular complexity index is 1200. The number of rotatable bonds is 2. The summed E-state index contributed by atoms with van der Waals surface area (Å²) in [7, 11) is 3.44. The van der Waals surface area contributed by atoms with Crippen LogP contribution in [0.15, 0.2) is 24.3 Å². The molecule has 2 aliphatic heterocycles. The zero-order chi connectivity index (χ0) is 30.6. The summed E-state index contributed by atoms with van der Waals surface area (Å²) in [6.45, 7) is 7.58. The van der Waals surface area contributed by atoms with Gasteiger partial charge in [-0.05, 0) is 74.1 Å². The Hall–Kier alpha value is -3.24. The maximum atomic E-state index is 13.7. The van der Waals surface area contributed by atoms with Crippen molar-refractivity contribution in [2.75, 3.05) is 20.7 Å². The first-order chi connectivity index (χ1) is 20.0. The lowest BCUT2D eigenvalue weighted by molar-refractivity contribution is -0.146. The standard InChI is InChI=1S/C32H47N5O5/c1-19(2)28-30(39)33-21(4)31(40)37-17-9-11-25(35-37)32(41)36(5)26-16-15-23-14-13-22(18-24(23)26)10-7-8-12-27(42-6)20(3)29(38)34-28/h7,10,13-14,18-21,25-28,35H,8-9,11-12,15-17H2,1-6H3,(H,33,39)(H,34,38)/b10-7+/t20?,21?,25?,26-,27?,28?/m1/s1. The summed E-state index contributed by atoms with van der Waals surface area (Å²) in [4.78, 5) is 55.3. The highest BCUT2D eigenvalue weighted by molar-refractivity contribution is 5.92. The molecular formula is C32H47N5O5. The van der Waals surface area contributed by atoms with E-state index in [0.29, 0.717) is 32.2 Å². The molecule has 0 aromatic heterocycles. The molecule has 5 unspecified atom stereocenters. The van der Waals surface area contributed by atoms with Gasteiger partial charge in [-0.25, -0.2) is 5.43 Å². The molecule has 10 heteroatoms. The largest absolute Gasteiger partial charge is 0.381 e. The Morgan fingerprint density at radius 2 is 1.74 bits per heavy atom. The number of benzene rings is 1. The van der Waals surface area contributed by atoms with Crippen LogP contribution < -0.4 is 16.1 Å². The second-order valence-electron chi connectivity index (χ2n) is 12.3. The second kappa shape index (κ2) is 13.8. The molecule has 4 amide bonds. The summed E-state index contributed by atoms with van der Waals surface area (Å²) in [5, 5.41) is 7.13. The topological polar surface area (TPSA) is 120 Å². The smallest absolute Gasteiger partial charge is 0.258 e. The van der Waals surface area contributed by atoms with Crippen LogP contribution in [0.5, 0.6) is 0 Å². The molecule has 0 saturated carbocycles. The molecule has 4 bridgehead atoms. The predicted octanol–water partition coefficient (Wildman–Crippen LogP) is 2.73. The zero-order valence-corrected chi connectivity index (χ0v) is 25.8. The lowest BCUT2D eigenvalue weighted by Gasteiger charge is -2.37. The van der Waals surface area contributed by atoms with Crippen molar-refractivity contribution >= 4 is 29.7 Å². The minimum atomic E-state index is -0.844. The lowest BCUT2D eigenvalue weighted by atomic mass is 9.96. The van der Waals surface area contributed by atoms with Gasteiger partial charge in [-0.3, -0.25) is 24.2 Å². The van der Waals surface area contributed by atoms with Crippen LogP contribution in [0.1, 0.15) is 82.5 Å². The van der Waals surface area contributed by atoms with Gasteiger partial charge >= 0.3 is 0 Å². The normalized spacial score (nSPS) is 30.8. The van der Waals surface area contributed by atoms with E-state index in [1.165, 1.54) is 10.6 Å². The molecule has 1 aliphatic carbocycles. The van der Waals surface area contributed by atoms with Crippen molar-refractivity contribution in [2.24, 2.45) is 11.8 Å². The third kappa shape index (κ3) is 7.03. The van der Waals surface area contributed by atoms with Gasteiger partial charge in [0.15, 0.2) is 0 Å². The Kier molecular flexibility index (Phi) is 10.4. The molecule has 2 heterocycles. The van der Waals surface area contributed by atoms with Crippen LogP contribution in [-0.4, -0.2) is 78.5 Å². The van der Waals surface area contributed by atoms with Crippen molar-refractivity contribution in [3.8, 4) is 0 Å². The summed E-state index contributed by atoms with van der Waals surface area (Å²) in [6.07, 6.45) is 8.25. The van der Waals surface area contributed by atoms with Crippen molar-refractivity contribution in [3.05, 3.63) is 41.0 Å². The van der Waals surface area contributed by atoms with Crippen LogP contribution >= 0.6 is 0 Å². The van der Waals surface area contributed by atoms with E-state index in [1.54, 1.807) is 14.0 Å². The van der Waals surface area contributed by atoms with Crippen molar-refractivity contribution in [1.82, 2.24) is 26.0 Å². The Labute approximate surface area is 249 Å². The number of hydrogen-bond donors (Lipinski definition) is 3. The molecule has 10 nitrogen and oxygen atoms in total. The number of nitrogens with zero attached hydrogens (tertiary/aromatic N) is 2. The van der Waals surface area contributed by atoms with Gasteiger partial charge in [0.1, 0.15) is 18.1 Å². The number of hydrazine groups is 1. The van der Waals surface area contributed by atoms with E-state index in [4.69, 9.17) is 4.74 Å². The summed E-state index contributed by atoms with van der Waals surface area (Å²) < 4.78 is 5.68. The van der Waals surface area contributed by atoms with E-state index in [0.717, 1.165) is 24.0 Å². The van der Waals surface area contributed by atoms with E-state index in [9.17, 15) is 19.2 Å². The Morgan fingerprint density at radius 3 is 2.45 bits per heavy atom. The second-order valence-corrected chi connectivity index (χ2v) is 12.3. The molecule has 1 aromatic carbocycles. The molecule has 0 spiro atoms. The van der Waals surface area contributed by atoms with Crippen LogP contribution in [0.25, 0.3) is 6.08 Å². The van der Waals surface area contributed by atoms with E-state index in [-0.39, 0.29) is 35.8 Å². The monoisotopic (exact) mass is 581 g/mol. The van der Waals surface area contributed by atoms with Crippen molar-refractivity contribution in [2.45, 2.75) is 96.5 Å². The first kappa shape index (κ1) is 31.7. The number of methoxy groups -OCH3 is 1. The van der Waals surface area contributed by atoms with Crippen LogP contribution in [0.2, 0.25) is 0 Å². The van der Waals surface area contributed by atoms with Gasteiger partial charge in [-0.15, -0.1) is 0 Å². The fourth-order valence-electron chi connectivity index (χ4n) is 6.27. The third-order valence-corrected chi connectivity index (χ3v) is 8.96. The number of ether oxygens (including phenoxy) is 1. The molecule has 1 fully saturated rings. The number of amides is 4. The number of carbonyl (C=O) groups excluding carboxylic acids is 4. The number of nitrogens with one attached hydrogen (secondary N) is 3. The average Bonchev–Trinajstić information content (AvgIpc) is 3.41. The highest BCUT2D eigenvalue weighted by Gasteiger charge is 2.37. The number of hydrogen-bond acceptors (Lipinski definition) is 6. The number of allylic oxidation sites excluding steroid dienone is 1. The third-order valence-electron chi connectivity index (χ3n) is 8.96. The lowest BCUT2D eigenvalue weighted by Crippen LogP contribution is -2.62. The van der Waals surface area contributed by atoms with Gasteiger partial charge in [0.25, 0.3) is 5.91 Å². The highest BCUT2D eigenvalue weighted by atomic mass is 16.5. The minimum absolute atomic E-state index is 0.0324. The Morgan fingerprint density at radius 1 is 0.976 bits per heavy atom. The maximum absolute atomic E-state index is 13.7. The van der Waals surface area contributed by atoms with Crippen LogP contribution in [-0.2, 0) is 30.3 Å². The van der Waals surface area contributed by atoms with Gasteiger partial charge in [0.05, 0.1) is 18.1 Å². The van der Waals surface area contributed by atoms with Gasteiger partial charge in [0, 0.05) is 20.7 Å². The fraction of sp³-hybridized carbons (Fsp3) is 0.625. The first-order valence-electron chi connectivity index (χ1n) is 15.3. The van der Waals surface area contributed by atoms with Crippen molar-refractivity contribution in [3.63, 3.8) is 0 Å². The number of fused-ring (bicyclic) bond motifs is 3. The summed E-state index contributed by atoms with van der Waals surface area (Å²) in [5.74, 6) is -1.74. The van der Waals surface area contributed by atoms with Crippen LogP contribution in [0.4, 0.5) is 0 Å². The number of likely N-dealkylation sites (N-methyl/N-ethyl adjacent to an activating group) is 1. The van der Waals surface area contributed by atoms with Gasteiger partial charge < -0.3 is 20.3 Å². The quantitative estimate of drug-likeness (QED) is 0.494. The van der Waals surface area contributed by atoms with Gasteiger partial charge in [-0.2, -0.15) is 0 Å². The van der Waals surface area contributed by atoms with Crippen LogP contribution in [0, 0.1) is 11.8 Å². The van der Waals surface area contributed by atoms with Crippen LogP contribution in [0.3, 0.4) is 0 Å². The van der Waals surface area contributed by atoms with E-state index in [1.807, 2.05) is 32.7 Å². The molecule has 3 aliphatic rings. The summed E-state index contributed by atoms with van der Waals surface area (Å²) in [5.41, 5.74) is 6.62.